The lowest BCUT2D eigenvalue weighted by molar-refractivity contribution is 0.280. The third-order valence-corrected chi connectivity index (χ3v) is 2.88. The van der Waals surface area contributed by atoms with Crippen molar-refractivity contribution in [3.8, 4) is 0 Å². The average Bonchev–Trinajstić information content (AvgIpc) is 2.85. The van der Waals surface area contributed by atoms with E-state index in [9.17, 15) is 0 Å². The second-order valence-corrected chi connectivity index (χ2v) is 4.52. The summed E-state index contributed by atoms with van der Waals surface area (Å²) in [5, 5.41) is 0. The summed E-state index contributed by atoms with van der Waals surface area (Å²) in [5.41, 5.74) is 23.7. The fourth-order valence-corrected chi connectivity index (χ4v) is 2.04. The van der Waals surface area contributed by atoms with Gasteiger partial charge < -0.3 is 4.90 Å². The van der Waals surface area contributed by atoms with Crippen LogP contribution in [0.5, 0.6) is 0 Å². The number of rotatable bonds is 2. The van der Waals surface area contributed by atoms with E-state index in [1.54, 1.807) is 0 Å². The Kier molecular flexibility index (Phi) is 6.63. The lowest BCUT2D eigenvalue weighted by atomic mass is 10.0. The molecule has 19 heavy (non-hydrogen) atoms. The van der Waals surface area contributed by atoms with E-state index in [0.717, 1.165) is 6.54 Å². The Hall–Kier alpha value is -2.44. The number of likely N-dealkylation sites (tertiary alicyclic amines) is 1. The molecule has 1 atom stereocenters. The summed E-state index contributed by atoms with van der Waals surface area (Å²) >= 11 is 0. The minimum Gasteiger partial charge on any atom is -0.367 e. The Balaban J connectivity index is 2.90. The van der Waals surface area contributed by atoms with Gasteiger partial charge in [-0.25, -0.2) is 0 Å². The molecule has 0 aromatic heterocycles. The normalized spacial score (nSPS) is 15.5. The zero-order valence-electron chi connectivity index (χ0n) is 11.5. The van der Waals surface area contributed by atoms with E-state index in [0.29, 0.717) is 12.0 Å². The molecule has 0 aromatic rings. The van der Waals surface area contributed by atoms with Crippen LogP contribution in [0.25, 0.3) is 0 Å². The zero-order chi connectivity index (χ0) is 13.9. The first-order chi connectivity index (χ1) is 9.25. The summed E-state index contributed by atoms with van der Waals surface area (Å²) in [6, 6.07) is 0.618. The summed E-state index contributed by atoms with van der Waals surface area (Å²) in [6.45, 7) is 8.94. The molecule has 1 fully saturated rings. The van der Waals surface area contributed by atoms with Gasteiger partial charge in [0.1, 0.15) is 0 Å². The van der Waals surface area contributed by atoms with E-state index >= 15 is 0 Å². The van der Waals surface area contributed by atoms with Gasteiger partial charge in [0.15, 0.2) is 0 Å². The van der Waals surface area contributed by atoms with Crippen LogP contribution >= 0.6 is 0 Å². The zero-order valence-corrected chi connectivity index (χ0v) is 11.5. The van der Waals surface area contributed by atoms with Crippen LogP contribution in [0.15, 0.2) is 64.4 Å². The Morgan fingerprint density at radius 1 is 1.05 bits per heavy atom. The molecule has 0 aromatic carbocycles. The van der Waals surface area contributed by atoms with Gasteiger partial charge in [-0.2, -0.15) is 0 Å². The van der Waals surface area contributed by atoms with E-state index < -0.39 is 0 Å². The second kappa shape index (κ2) is 8.62. The van der Waals surface area contributed by atoms with E-state index in [2.05, 4.69) is 76.9 Å². The summed E-state index contributed by atoms with van der Waals surface area (Å²) in [4.78, 5) is 2.32. The van der Waals surface area contributed by atoms with Crippen molar-refractivity contribution in [1.82, 2.24) is 4.90 Å². The lowest BCUT2D eigenvalue weighted by Gasteiger charge is -2.24. The van der Waals surface area contributed by atoms with E-state index in [1.807, 2.05) is 6.20 Å². The molecular formula is C18H17N. The molecule has 1 aliphatic heterocycles. The molecule has 0 radical (unpaired) electrons. The fraction of sp³-hybridized carbons (Fsp3) is 0.389. The maximum absolute atomic E-state index is 3.34. The van der Waals surface area contributed by atoms with Crippen LogP contribution < -0.4 is 0 Å². The molecule has 0 aliphatic carbocycles. The molecule has 0 amide bonds. The minimum atomic E-state index is 0.618. The van der Waals surface area contributed by atoms with Crippen molar-refractivity contribution in [2.45, 2.75) is 32.7 Å². The molecule has 1 aliphatic rings. The van der Waals surface area contributed by atoms with Gasteiger partial charge in [-0.1, -0.05) is 19.6 Å². The third kappa shape index (κ3) is 5.62. The standard InChI is InChI=1S/C18H17N/c1-4-5-6-7-8-9-10-11-12-15-19-16-13-14-18(19)17(2)3/h15,17-18H,1,13-14,16H2,2-3H3. The monoisotopic (exact) mass is 247 g/mol. The third-order valence-electron chi connectivity index (χ3n) is 2.88. The van der Waals surface area contributed by atoms with Crippen LogP contribution in [0.1, 0.15) is 26.7 Å². The fourth-order valence-electron chi connectivity index (χ4n) is 2.04. The van der Waals surface area contributed by atoms with Gasteiger partial charge in [-0.15, -0.1) is 0 Å². The van der Waals surface area contributed by atoms with E-state index in [1.165, 1.54) is 12.8 Å². The van der Waals surface area contributed by atoms with Crippen molar-refractivity contribution in [1.29, 1.82) is 0 Å². The maximum atomic E-state index is 3.34. The maximum Gasteiger partial charge on any atom is 0.0518 e. The van der Waals surface area contributed by atoms with Crippen molar-refractivity contribution in [2.75, 3.05) is 6.54 Å². The molecule has 1 saturated heterocycles. The van der Waals surface area contributed by atoms with Crippen LogP contribution in [0.3, 0.4) is 0 Å². The topological polar surface area (TPSA) is 3.24 Å². The van der Waals surface area contributed by atoms with Crippen LogP contribution in [-0.2, 0) is 0 Å². The molecule has 0 N–H and O–H groups in total. The number of hydrogen-bond acceptors (Lipinski definition) is 1. The summed E-state index contributed by atoms with van der Waals surface area (Å²) in [5.74, 6) is 0.665. The summed E-state index contributed by atoms with van der Waals surface area (Å²) < 4.78 is 0. The van der Waals surface area contributed by atoms with Crippen molar-refractivity contribution in [3.63, 3.8) is 0 Å². The van der Waals surface area contributed by atoms with Crippen molar-refractivity contribution >= 4 is 0 Å². The van der Waals surface area contributed by atoms with Gasteiger partial charge in [0.05, 0.1) is 6.20 Å². The number of nitrogens with zero attached hydrogens (tertiary/aromatic N) is 1. The Morgan fingerprint density at radius 3 is 2.32 bits per heavy atom. The van der Waals surface area contributed by atoms with Crippen molar-refractivity contribution in [3.05, 3.63) is 64.4 Å². The summed E-state index contributed by atoms with van der Waals surface area (Å²) in [7, 11) is 0. The Morgan fingerprint density at radius 2 is 1.68 bits per heavy atom. The lowest BCUT2D eigenvalue weighted by Crippen LogP contribution is -2.28. The van der Waals surface area contributed by atoms with Crippen molar-refractivity contribution in [2.24, 2.45) is 5.92 Å². The van der Waals surface area contributed by atoms with Crippen LogP contribution in [0.4, 0.5) is 0 Å². The molecular weight excluding hydrogens is 230 g/mol. The van der Waals surface area contributed by atoms with Crippen molar-refractivity contribution < 1.29 is 0 Å². The second-order valence-electron chi connectivity index (χ2n) is 4.52. The first kappa shape index (κ1) is 14.6. The molecule has 1 unspecified atom stereocenters. The molecule has 0 saturated carbocycles. The highest BCUT2D eigenvalue weighted by Gasteiger charge is 2.23. The predicted molar refractivity (Wildman–Crippen MR) is 76.4 cm³/mol. The first-order valence-corrected chi connectivity index (χ1v) is 6.37. The SMILES string of the molecule is C=C=C=C=C=C=C=C=C=C=CN1CCCC1C(C)C. The van der Waals surface area contributed by atoms with E-state index in [-0.39, 0.29) is 0 Å². The van der Waals surface area contributed by atoms with Gasteiger partial charge in [-0.05, 0) is 71.2 Å². The highest BCUT2D eigenvalue weighted by Crippen LogP contribution is 2.23. The molecule has 1 heterocycles. The van der Waals surface area contributed by atoms with Gasteiger partial charge in [0, 0.05) is 12.6 Å². The van der Waals surface area contributed by atoms with Gasteiger partial charge in [0.2, 0.25) is 0 Å². The summed E-state index contributed by atoms with van der Waals surface area (Å²) in [6.07, 6.45) is 4.45. The molecule has 0 bridgehead atoms. The van der Waals surface area contributed by atoms with Gasteiger partial charge in [0.25, 0.3) is 0 Å². The molecule has 94 valence electrons. The van der Waals surface area contributed by atoms with Crippen LogP contribution in [0, 0.1) is 5.92 Å². The molecule has 1 nitrogen and oxygen atoms in total. The molecule has 0 spiro atoms. The van der Waals surface area contributed by atoms with E-state index in [4.69, 9.17) is 0 Å². The largest absolute Gasteiger partial charge is 0.367 e. The molecule has 1 rings (SSSR count). The highest BCUT2D eigenvalue weighted by molar-refractivity contribution is 4.94. The van der Waals surface area contributed by atoms with Gasteiger partial charge in [-0.3, -0.25) is 0 Å². The smallest absolute Gasteiger partial charge is 0.0518 e. The minimum absolute atomic E-state index is 0.618. The van der Waals surface area contributed by atoms with Crippen LogP contribution in [0.2, 0.25) is 0 Å². The van der Waals surface area contributed by atoms with Gasteiger partial charge >= 0.3 is 0 Å². The quantitative estimate of drug-likeness (QED) is 0.673. The Bertz CT molecular complexity index is 638. The first-order valence-electron chi connectivity index (χ1n) is 6.37. The number of hydrogen-bond donors (Lipinski definition) is 0. The average molecular weight is 247 g/mol. The Labute approximate surface area is 115 Å². The predicted octanol–water partition coefficient (Wildman–Crippen LogP) is 3.65. The molecule has 1 heteroatoms. The highest BCUT2D eigenvalue weighted by atomic mass is 15.2. The van der Waals surface area contributed by atoms with Crippen LogP contribution in [-0.4, -0.2) is 17.5 Å².